The number of nitrogens with zero attached hydrogens (tertiary/aromatic N) is 1. The minimum absolute atomic E-state index is 0.359. The lowest BCUT2D eigenvalue weighted by Gasteiger charge is -2.21. The van der Waals surface area contributed by atoms with E-state index in [-0.39, 0.29) is 11.8 Å². The fraction of sp³-hybridized carbons (Fsp3) is 0.400. The van der Waals surface area contributed by atoms with Crippen LogP contribution >= 0.6 is 11.6 Å². The number of aryl methyl sites for hydroxylation is 1. The monoisotopic (exact) mass is 404 g/mol. The zero-order valence-electron chi connectivity index (χ0n) is 15.6. The van der Waals surface area contributed by atoms with Crippen molar-refractivity contribution < 1.29 is 23.9 Å². The van der Waals surface area contributed by atoms with Crippen LogP contribution in [0.1, 0.15) is 25.3 Å². The summed E-state index contributed by atoms with van der Waals surface area (Å²) in [6, 6.07) is 3.95. The van der Waals surface area contributed by atoms with Crippen molar-refractivity contribution in [1.82, 2.24) is 4.90 Å². The summed E-state index contributed by atoms with van der Waals surface area (Å²) < 4.78 is 5.01. The highest BCUT2D eigenvalue weighted by Crippen LogP contribution is 2.36. The molecule has 148 valence electrons. The van der Waals surface area contributed by atoms with E-state index in [4.69, 9.17) is 16.3 Å². The molecule has 0 radical (unpaired) electrons. The molecule has 0 aromatic heterocycles. The Labute approximate surface area is 167 Å². The molecule has 1 heterocycles. The second-order valence-electron chi connectivity index (χ2n) is 7.00. The Hall–Kier alpha value is -2.67. The Morgan fingerprint density at radius 2 is 1.82 bits per heavy atom. The lowest BCUT2D eigenvalue weighted by molar-refractivity contribution is -0.159. The number of fused-ring (bicyclic) bond motifs is 1. The van der Waals surface area contributed by atoms with Crippen LogP contribution in [0.25, 0.3) is 0 Å². The number of ether oxygens (including phenoxy) is 1. The van der Waals surface area contributed by atoms with E-state index >= 15 is 0 Å². The van der Waals surface area contributed by atoms with Gasteiger partial charge in [0.15, 0.2) is 6.61 Å². The number of carbonyl (C=O) groups is 4. The largest absolute Gasteiger partial charge is 0.454 e. The third-order valence-corrected chi connectivity index (χ3v) is 5.48. The smallest absolute Gasteiger partial charge is 0.329 e. The summed E-state index contributed by atoms with van der Waals surface area (Å²) in [5, 5.41) is 3.08. The minimum Gasteiger partial charge on any atom is -0.454 e. The predicted octanol–water partition coefficient (Wildman–Crippen LogP) is 2.47. The number of allylic oxidation sites excluding steroid dienone is 2. The van der Waals surface area contributed by atoms with Crippen molar-refractivity contribution in [2.45, 2.75) is 32.7 Å². The summed E-state index contributed by atoms with van der Waals surface area (Å²) in [7, 11) is 0. The van der Waals surface area contributed by atoms with Crippen molar-refractivity contribution in [3.05, 3.63) is 40.9 Å². The standard InChI is InChI=1S/C20H21ClN2O5/c1-11-7-8-13(9-16(11)21)22-17(24)10-28-20(27)12(2)23-18(25)14-5-3-4-6-15(14)19(23)26/h3-4,7-9,12,14-15H,5-6,10H2,1-2H3,(H,22,24)/t12-,14-,15+/m0/s1. The molecule has 0 unspecified atom stereocenters. The van der Waals surface area contributed by atoms with Crippen molar-refractivity contribution >= 4 is 41.0 Å². The number of hydrogen-bond acceptors (Lipinski definition) is 5. The number of esters is 1. The molecule has 3 rings (SSSR count). The lowest BCUT2D eigenvalue weighted by atomic mass is 9.85. The number of amides is 3. The maximum absolute atomic E-state index is 12.5. The maximum Gasteiger partial charge on any atom is 0.329 e. The molecule has 1 fully saturated rings. The van der Waals surface area contributed by atoms with E-state index in [0.29, 0.717) is 23.6 Å². The van der Waals surface area contributed by atoms with Crippen LogP contribution in [0.2, 0.25) is 5.02 Å². The Bertz CT molecular complexity index is 840. The summed E-state index contributed by atoms with van der Waals surface area (Å²) in [5.74, 6) is -2.89. The highest BCUT2D eigenvalue weighted by atomic mass is 35.5. The molecule has 1 aliphatic carbocycles. The minimum atomic E-state index is -1.08. The molecule has 3 atom stereocenters. The number of benzene rings is 1. The maximum atomic E-state index is 12.5. The first-order chi connectivity index (χ1) is 13.3. The molecule has 28 heavy (non-hydrogen) atoms. The van der Waals surface area contributed by atoms with Crippen molar-refractivity contribution in [1.29, 1.82) is 0 Å². The van der Waals surface area contributed by atoms with Gasteiger partial charge in [0.1, 0.15) is 6.04 Å². The Balaban J connectivity index is 1.55. The van der Waals surface area contributed by atoms with Gasteiger partial charge in [0.2, 0.25) is 11.8 Å². The average Bonchev–Trinajstić information content (AvgIpc) is 2.93. The van der Waals surface area contributed by atoms with E-state index in [0.717, 1.165) is 10.5 Å². The Morgan fingerprint density at radius 3 is 2.39 bits per heavy atom. The van der Waals surface area contributed by atoms with Crippen LogP contribution in [0.15, 0.2) is 30.4 Å². The highest BCUT2D eigenvalue weighted by Gasteiger charge is 2.50. The third kappa shape index (κ3) is 3.94. The number of halogens is 1. The van der Waals surface area contributed by atoms with Gasteiger partial charge in [-0.1, -0.05) is 29.8 Å². The fourth-order valence-electron chi connectivity index (χ4n) is 3.44. The fourth-order valence-corrected chi connectivity index (χ4v) is 3.62. The summed E-state index contributed by atoms with van der Waals surface area (Å²) in [5.41, 5.74) is 1.35. The lowest BCUT2D eigenvalue weighted by Crippen LogP contribution is -2.45. The summed E-state index contributed by atoms with van der Waals surface area (Å²) >= 11 is 6.01. The zero-order valence-corrected chi connectivity index (χ0v) is 16.4. The van der Waals surface area contributed by atoms with Crippen LogP contribution in [-0.2, 0) is 23.9 Å². The molecule has 1 aliphatic heterocycles. The van der Waals surface area contributed by atoms with Crippen molar-refractivity contribution in [2.75, 3.05) is 11.9 Å². The second-order valence-corrected chi connectivity index (χ2v) is 7.41. The molecule has 8 heteroatoms. The first-order valence-electron chi connectivity index (χ1n) is 9.04. The molecule has 0 spiro atoms. The van der Waals surface area contributed by atoms with Gasteiger partial charge in [-0.05, 0) is 44.4 Å². The molecule has 0 saturated carbocycles. The number of nitrogens with one attached hydrogen (secondary N) is 1. The number of anilines is 1. The normalized spacial score (nSPS) is 22.0. The van der Waals surface area contributed by atoms with E-state index in [9.17, 15) is 19.2 Å². The van der Waals surface area contributed by atoms with E-state index in [2.05, 4.69) is 5.32 Å². The third-order valence-electron chi connectivity index (χ3n) is 5.07. The molecule has 0 bridgehead atoms. The summed E-state index contributed by atoms with van der Waals surface area (Å²) in [4.78, 5) is 50.3. The Kier molecular flexibility index (Phi) is 5.84. The molecule has 1 N–H and O–H groups in total. The van der Waals surface area contributed by atoms with Crippen LogP contribution in [0.4, 0.5) is 5.69 Å². The molecule has 1 aromatic rings. The number of imide groups is 1. The molecule has 3 amide bonds. The van der Waals surface area contributed by atoms with Gasteiger partial charge in [-0.3, -0.25) is 19.3 Å². The molecular weight excluding hydrogens is 384 g/mol. The van der Waals surface area contributed by atoms with Gasteiger partial charge in [0.25, 0.3) is 5.91 Å². The van der Waals surface area contributed by atoms with Crippen molar-refractivity contribution in [2.24, 2.45) is 11.8 Å². The average molecular weight is 405 g/mol. The van der Waals surface area contributed by atoms with Gasteiger partial charge in [-0.2, -0.15) is 0 Å². The zero-order chi connectivity index (χ0) is 20.4. The van der Waals surface area contributed by atoms with Crippen molar-refractivity contribution in [3.8, 4) is 0 Å². The molecule has 1 saturated heterocycles. The molecule has 1 aromatic carbocycles. The second kappa shape index (κ2) is 8.14. The highest BCUT2D eigenvalue weighted by molar-refractivity contribution is 6.31. The first-order valence-corrected chi connectivity index (χ1v) is 9.42. The van der Waals surface area contributed by atoms with Crippen LogP contribution in [0.3, 0.4) is 0 Å². The first kappa shape index (κ1) is 20.1. The van der Waals surface area contributed by atoms with Gasteiger partial charge in [-0.25, -0.2) is 4.79 Å². The van der Waals surface area contributed by atoms with Gasteiger partial charge < -0.3 is 10.1 Å². The van der Waals surface area contributed by atoms with Gasteiger partial charge >= 0.3 is 5.97 Å². The van der Waals surface area contributed by atoms with E-state index in [1.807, 2.05) is 19.1 Å². The van der Waals surface area contributed by atoms with E-state index in [1.54, 1.807) is 18.2 Å². The van der Waals surface area contributed by atoms with Gasteiger partial charge in [0.05, 0.1) is 11.8 Å². The quantitative estimate of drug-likeness (QED) is 0.462. The predicted molar refractivity (Wildman–Crippen MR) is 102 cm³/mol. The SMILES string of the molecule is Cc1ccc(NC(=O)COC(=O)[C@H](C)N2C(=O)[C@H]3CC=CC[C@H]3C2=O)cc1Cl. The number of likely N-dealkylation sites (tertiary alicyclic amines) is 1. The molecule has 2 aliphatic rings. The van der Waals surface area contributed by atoms with Crippen LogP contribution in [0.5, 0.6) is 0 Å². The summed E-state index contributed by atoms with van der Waals surface area (Å²) in [6.45, 7) is 2.74. The van der Waals surface area contributed by atoms with E-state index < -0.39 is 36.4 Å². The number of carbonyl (C=O) groups excluding carboxylic acids is 4. The number of hydrogen-bond donors (Lipinski definition) is 1. The van der Waals surface area contributed by atoms with Gasteiger partial charge in [0, 0.05) is 10.7 Å². The van der Waals surface area contributed by atoms with Crippen LogP contribution < -0.4 is 5.32 Å². The molecular formula is C20H21ClN2O5. The van der Waals surface area contributed by atoms with Crippen LogP contribution in [0, 0.1) is 18.8 Å². The summed E-state index contributed by atoms with van der Waals surface area (Å²) in [6.07, 6.45) is 4.74. The Morgan fingerprint density at radius 1 is 1.21 bits per heavy atom. The van der Waals surface area contributed by atoms with E-state index in [1.165, 1.54) is 6.92 Å². The topological polar surface area (TPSA) is 92.8 Å². The number of rotatable bonds is 5. The van der Waals surface area contributed by atoms with Gasteiger partial charge in [-0.15, -0.1) is 0 Å². The molecule has 7 nitrogen and oxygen atoms in total. The van der Waals surface area contributed by atoms with Crippen molar-refractivity contribution in [3.63, 3.8) is 0 Å². The van der Waals surface area contributed by atoms with Crippen LogP contribution in [-0.4, -0.2) is 41.2 Å².